The van der Waals surface area contributed by atoms with E-state index in [1.54, 1.807) is 14.2 Å². The Bertz CT molecular complexity index is 118. The van der Waals surface area contributed by atoms with Gasteiger partial charge in [-0.2, -0.15) is 5.26 Å². The number of methoxy groups -OCH3 is 2. The van der Waals surface area contributed by atoms with Crippen molar-refractivity contribution < 1.29 is 9.47 Å². The van der Waals surface area contributed by atoms with Crippen molar-refractivity contribution in [2.75, 3.05) is 27.3 Å². The quantitative estimate of drug-likeness (QED) is 0.440. The lowest BCUT2D eigenvalue weighted by Crippen LogP contribution is -2.30. The van der Waals surface area contributed by atoms with Crippen molar-refractivity contribution in [3.8, 4) is 6.07 Å². The maximum atomic E-state index is 8.19. The van der Waals surface area contributed by atoms with Crippen LogP contribution >= 0.6 is 0 Å². The van der Waals surface area contributed by atoms with E-state index in [-0.39, 0.29) is 6.29 Å². The molecule has 4 heteroatoms. The molecule has 0 atom stereocenters. The lowest BCUT2D eigenvalue weighted by molar-refractivity contribution is -0.0985. The summed E-state index contributed by atoms with van der Waals surface area (Å²) in [7, 11) is 3.17. The number of ether oxygens (including phenoxy) is 2. The summed E-state index contributed by atoms with van der Waals surface area (Å²) in [6, 6.07) is 2.03. The standard InChI is InChI=1S/C7H14N2O2/c1-10-7(11-2)6-9-5-3-4-8/h7,9H,3,5-6H2,1-2H3. The summed E-state index contributed by atoms with van der Waals surface area (Å²) in [5.41, 5.74) is 0. The summed E-state index contributed by atoms with van der Waals surface area (Å²) in [5.74, 6) is 0. The maximum absolute atomic E-state index is 8.19. The first-order chi connectivity index (χ1) is 5.35. The van der Waals surface area contributed by atoms with Crippen molar-refractivity contribution in [2.45, 2.75) is 12.7 Å². The van der Waals surface area contributed by atoms with E-state index in [4.69, 9.17) is 14.7 Å². The zero-order valence-corrected chi connectivity index (χ0v) is 6.96. The molecule has 0 aliphatic heterocycles. The molecule has 0 amide bonds. The fourth-order valence-electron chi connectivity index (χ4n) is 0.627. The second-order valence-corrected chi connectivity index (χ2v) is 2.01. The summed E-state index contributed by atoms with van der Waals surface area (Å²) in [4.78, 5) is 0. The highest BCUT2D eigenvalue weighted by atomic mass is 16.7. The lowest BCUT2D eigenvalue weighted by Gasteiger charge is -2.12. The second kappa shape index (κ2) is 7.48. The molecular weight excluding hydrogens is 144 g/mol. The molecule has 0 aromatic rings. The molecule has 0 aliphatic carbocycles. The number of rotatable bonds is 6. The molecular formula is C7H14N2O2. The third-order valence-corrected chi connectivity index (χ3v) is 1.25. The molecule has 0 bridgehead atoms. The summed E-state index contributed by atoms with van der Waals surface area (Å²) in [6.45, 7) is 1.30. The highest BCUT2D eigenvalue weighted by Gasteiger charge is 2.01. The van der Waals surface area contributed by atoms with E-state index in [1.165, 1.54) is 0 Å². The van der Waals surface area contributed by atoms with E-state index >= 15 is 0 Å². The fraction of sp³-hybridized carbons (Fsp3) is 0.857. The summed E-state index contributed by atoms with van der Waals surface area (Å²) in [5, 5.41) is 11.2. The van der Waals surface area contributed by atoms with Gasteiger partial charge in [0, 0.05) is 33.7 Å². The van der Waals surface area contributed by atoms with E-state index in [9.17, 15) is 0 Å². The fourth-order valence-corrected chi connectivity index (χ4v) is 0.627. The van der Waals surface area contributed by atoms with E-state index in [0.29, 0.717) is 19.5 Å². The van der Waals surface area contributed by atoms with Gasteiger partial charge in [0.1, 0.15) is 0 Å². The van der Waals surface area contributed by atoms with Crippen molar-refractivity contribution in [1.29, 1.82) is 5.26 Å². The Morgan fingerprint density at radius 1 is 1.45 bits per heavy atom. The largest absolute Gasteiger partial charge is 0.355 e. The predicted molar refractivity (Wildman–Crippen MR) is 40.9 cm³/mol. The van der Waals surface area contributed by atoms with Crippen LogP contribution in [0.2, 0.25) is 0 Å². The Hall–Kier alpha value is -0.630. The minimum Gasteiger partial charge on any atom is -0.355 e. The van der Waals surface area contributed by atoms with Gasteiger partial charge in [0.05, 0.1) is 6.07 Å². The van der Waals surface area contributed by atoms with Crippen LogP contribution in [0.15, 0.2) is 0 Å². The van der Waals surface area contributed by atoms with Crippen LogP contribution in [0.3, 0.4) is 0 Å². The van der Waals surface area contributed by atoms with Crippen LogP contribution in [0, 0.1) is 11.3 Å². The van der Waals surface area contributed by atoms with Crippen molar-refractivity contribution in [1.82, 2.24) is 5.32 Å². The molecule has 11 heavy (non-hydrogen) atoms. The molecule has 0 aliphatic rings. The third kappa shape index (κ3) is 5.80. The van der Waals surface area contributed by atoms with Crippen LogP contribution in [0.4, 0.5) is 0 Å². The zero-order valence-electron chi connectivity index (χ0n) is 6.96. The van der Waals surface area contributed by atoms with Crippen LogP contribution in [0.5, 0.6) is 0 Å². The molecule has 0 heterocycles. The zero-order chi connectivity index (χ0) is 8.53. The van der Waals surface area contributed by atoms with E-state index < -0.39 is 0 Å². The summed E-state index contributed by atoms with van der Waals surface area (Å²) < 4.78 is 9.82. The summed E-state index contributed by atoms with van der Waals surface area (Å²) in [6.07, 6.45) is 0.300. The van der Waals surface area contributed by atoms with E-state index in [1.807, 2.05) is 6.07 Å². The van der Waals surface area contributed by atoms with Gasteiger partial charge in [0.2, 0.25) is 0 Å². The van der Waals surface area contributed by atoms with Gasteiger partial charge in [-0.15, -0.1) is 0 Å². The average Bonchev–Trinajstić information content (AvgIpc) is 2.05. The molecule has 0 spiro atoms. The molecule has 0 rings (SSSR count). The molecule has 64 valence electrons. The molecule has 0 saturated carbocycles. The first kappa shape index (κ1) is 10.4. The van der Waals surface area contributed by atoms with Gasteiger partial charge in [-0.05, 0) is 0 Å². The topological polar surface area (TPSA) is 54.3 Å². The van der Waals surface area contributed by atoms with Crippen molar-refractivity contribution in [3.63, 3.8) is 0 Å². The number of nitriles is 1. The lowest BCUT2D eigenvalue weighted by atomic mass is 10.4. The van der Waals surface area contributed by atoms with Gasteiger partial charge in [-0.1, -0.05) is 0 Å². The number of hydrogen-bond acceptors (Lipinski definition) is 4. The van der Waals surface area contributed by atoms with Crippen molar-refractivity contribution >= 4 is 0 Å². The predicted octanol–water partition coefficient (Wildman–Crippen LogP) is 0.109. The van der Waals surface area contributed by atoms with Crippen LogP contribution in [0.1, 0.15) is 6.42 Å². The molecule has 0 aromatic heterocycles. The Labute approximate surface area is 67.1 Å². The minimum atomic E-state index is -0.214. The van der Waals surface area contributed by atoms with Gasteiger partial charge >= 0.3 is 0 Å². The maximum Gasteiger partial charge on any atom is 0.169 e. The molecule has 0 saturated heterocycles. The molecule has 0 unspecified atom stereocenters. The SMILES string of the molecule is COC(CNCCC#N)OC. The second-order valence-electron chi connectivity index (χ2n) is 2.01. The van der Waals surface area contributed by atoms with Gasteiger partial charge in [0.15, 0.2) is 6.29 Å². The van der Waals surface area contributed by atoms with Crippen LogP contribution in [0.25, 0.3) is 0 Å². The Balaban J connectivity index is 3.16. The Kier molecular flexibility index (Phi) is 7.05. The highest BCUT2D eigenvalue weighted by Crippen LogP contribution is 1.86. The van der Waals surface area contributed by atoms with Crippen LogP contribution < -0.4 is 5.32 Å². The van der Waals surface area contributed by atoms with Gasteiger partial charge in [0.25, 0.3) is 0 Å². The van der Waals surface area contributed by atoms with Gasteiger partial charge in [-0.25, -0.2) is 0 Å². The minimum absolute atomic E-state index is 0.214. The smallest absolute Gasteiger partial charge is 0.169 e. The highest BCUT2D eigenvalue weighted by molar-refractivity contribution is 4.70. The van der Waals surface area contributed by atoms with Crippen LogP contribution in [-0.4, -0.2) is 33.6 Å². The van der Waals surface area contributed by atoms with Gasteiger partial charge < -0.3 is 14.8 Å². The first-order valence-electron chi connectivity index (χ1n) is 3.48. The van der Waals surface area contributed by atoms with Gasteiger partial charge in [-0.3, -0.25) is 0 Å². The van der Waals surface area contributed by atoms with Crippen molar-refractivity contribution in [3.05, 3.63) is 0 Å². The normalized spacial score (nSPS) is 10.0. The third-order valence-electron chi connectivity index (χ3n) is 1.25. The number of nitrogens with zero attached hydrogens (tertiary/aromatic N) is 1. The molecule has 0 aromatic carbocycles. The number of hydrogen-bond donors (Lipinski definition) is 1. The molecule has 4 nitrogen and oxygen atoms in total. The van der Waals surface area contributed by atoms with Crippen molar-refractivity contribution in [2.24, 2.45) is 0 Å². The number of nitrogens with one attached hydrogen (secondary N) is 1. The Morgan fingerprint density at radius 3 is 2.55 bits per heavy atom. The first-order valence-corrected chi connectivity index (χ1v) is 3.48. The average molecular weight is 158 g/mol. The Morgan fingerprint density at radius 2 is 2.09 bits per heavy atom. The molecule has 1 N–H and O–H groups in total. The monoisotopic (exact) mass is 158 g/mol. The van der Waals surface area contributed by atoms with Crippen LogP contribution in [-0.2, 0) is 9.47 Å². The molecule has 0 radical (unpaired) electrons. The molecule has 0 fully saturated rings. The van der Waals surface area contributed by atoms with E-state index in [2.05, 4.69) is 5.32 Å². The van der Waals surface area contributed by atoms with E-state index in [0.717, 1.165) is 0 Å². The summed E-state index contributed by atoms with van der Waals surface area (Å²) >= 11 is 0.